The third-order valence-corrected chi connectivity index (χ3v) is 5.26. The van der Waals surface area contributed by atoms with Gasteiger partial charge in [-0.15, -0.1) is 0 Å². The van der Waals surface area contributed by atoms with Gasteiger partial charge in [0.05, 0.1) is 28.7 Å². The van der Waals surface area contributed by atoms with Gasteiger partial charge in [0.1, 0.15) is 0 Å². The first-order chi connectivity index (χ1) is 17.1. The Kier molecular flexibility index (Phi) is 9.16. The van der Waals surface area contributed by atoms with E-state index in [1.54, 1.807) is 13.0 Å². The summed E-state index contributed by atoms with van der Waals surface area (Å²) in [7, 11) is 0. The predicted molar refractivity (Wildman–Crippen MR) is 137 cm³/mol. The second-order valence-electron chi connectivity index (χ2n) is 10.2. The minimum absolute atomic E-state index is 0.0120. The number of hydrogen-bond acceptors (Lipinski definition) is 9. The number of benzene rings is 2. The van der Waals surface area contributed by atoms with Crippen LogP contribution in [-0.2, 0) is 10.2 Å². The molecule has 37 heavy (non-hydrogen) atoms. The van der Waals surface area contributed by atoms with E-state index in [1.807, 2.05) is 13.8 Å². The monoisotopic (exact) mass is 516 g/mol. The highest BCUT2D eigenvalue weighted by molar-refractivity contribution is 5.87. The van der Waals surface area contributed by atoms with Gasteiger partial charge in [-0.1, -0.05) is 40.7 Å². The second-order valence-corrected chi connectivity index (χ2v) is 10.2. The van der Waals surface area contributed by atoms with E-state index >= 15 is 0 Å². The molecule has 0 aliphatic heterocycles. The number of hydrazone groups is 1. The van der Waals surface area contributed by atoms with Crippen molar-refractivity contribution >= 4 is 23.5 Å². The lowest BCUT2D eigenvalue weighted by molar-refractivity contribution is -0.385. The lowest BCUT2D eigenvalue weighted by atomic mass is 9.72. The van der Waals surface area contributed by atoms with Crippen LogP contribution in [0.3, 0.4) is 0 Å². The molecule has 0 aliphatic rings. The fourth-order valence-corrected chi connectivity index (χ4v) is 4.06. The number of nitrogens with zero attached hydrogens (tertiary/aromatic N) is 3. The van der Waals surface area contributed by atoms with Gasteiger partial charge >= 0.3 is 5.69 Å². The summed E-state index contributed by atoms with van der Waals surface area (Å²) in [5.41, 5.74) is 1.97. The minimum Gasteiger partial charge on any atom is -0.504 e. The van der Waals surface area contributed by atoms with E-state index in [2.05, 4.69) is 31.3 Å². The van der Waals surface area contributed by atoms with Crippen molar-refractivity contribution in [3.8, 4) is 17.2 Å². The topological polar surface area (TPSA) is 166 Å². The zero-order valence-electron chi connectivity index (χ0n) is 21.7. The van der Waals surface area contributed by atoms with Gasteiger partial charge in [-0.2, -0.15) is 5.10 Å². The molecule has 12 nitrogen and oxygen atoms in total. The largest absolute Gasteiger partial charge is 0.504 e. The van der Waals surface area contributed by atoms with Crippen LogP contribution in [0.25, 0.3) is 0 Å². The molecule has 0 aromatic heterocycles. The summed E-state index contributed by atoms with van der Waals surface area (Å²) < 4.78 is 10.6. The first-order valence-electron chi connectivity index (χ1n) is 11.5. The van der Waals surface area contributed by atoms with Crippen molar-refractivity contribution in [1.29, 1.82) is 0 Å². The van der Waals surface area contributed by atoms with E-state index in [1.165, 1.54) is 12.1 Å². The van der Waals surface area contributed by atoms with E-state index in [9.17, 15) is 30.1 Å². The average molecular weight is 517 g/mol. The van der Waals surface area contributed by atoms with E-state index in [0.717, 1.165) is 30.3 Å². The van der Waals surface area contributed by atoms with Crippen molar-refractivity contribution in [1.82, 2.24) is 5.43 Å². The molecule has 0 heterocycles. The smallest absolute Gasteiger partial charge is 0.311 e. The van der Waals surface area contributed by atoms with Crippen LogP contribution in [0.15, 0.2) is 35.4 Å². The van der Waals surface area contributed by atoms with Gasteiger partial charge in [0.25, 0.3) is 11.6 Å². The molecule has 0 radical (unpaired) electrons. The molecule has 0 fully saturated rings. The number of carbonyl (C=O) groups is 1. The maximum Gasteiger partial charge on any atom is 0.311 e. The fraction of sp³-hybridized carbons (Fsp3) is 0.440. The van der Waals surface area contributed by atoms with Crippen LogP contribution < -0.4 is 14.9 Å². The lowest BCUT2D eigenvalue weighted by Gasteiger charge is -2.33. The van der Waals surface area contributed by atoms with Gasteiger partial charge in [0.15, 0.2) is 23.9 Å². The lowest BCUT2D eigenvalue weighted by Crippen LogP contribution is -2.26. The number of non-ortho nitro benzene ring substituents is 1. The number of amides is 1. The van der Waals surface area contributed by atoms with Crippen molar-refractivity contribution in [3.05, 3.63) is 61.7 Å². The first kappa shape index (κ1) is 29.0. The number of aromatic hydroxyl groups is 1. The van der Waals surface area contributed by atoms with Crippen molar-refractivity contribution in [2.45, 2.75) is 53.4 Å². The van der Waals surface area contributed by atoms with Gasteiger partial charge in [0.2, 0.25) is 0 Å². The van der Waals surface area contributed by atoms with E-state index in [-0.39, 0.29) is 51.6 Å². The van der Waals surface area contributed by atoms with Gasteiger partial charge in [-0.3, -0.25) is 25.0 Å². The van der Waals surface area contributed by atoms with Gasteiger partial charge in [0, 0.05) is 17.7 Å². The average Bonchev–Trinajstić information content (AvgIpc) is 2.78. The molecule has 0 unspecified atom stereocenters. The van der Waals surface area contributed by atoms with E-state index < -0.39 is 22.4 Å². The highest BCUT2D eigenvalue weighted by Gasteiger charge is 2.30. The normalized spacial score (nSPS) is 11.8. The number of rotatable bonds is 11. The van der Waals surface area contributed by atoms with Crippen LogP contribution in [0.1, 0.15) is 59.1 Å². The summed E-state index contributed by atoms with van der Waals surface area (Å²) in [6, 6.07) is 6.80. The molecular formula is C25H32N4O8. The fourth-order valence-electron chi connectivity index (χ4n) is 4.06. The highest BCUT2D eigenvalue weighted by atomic mass is 16.6. The van der Waals surface area contributed by atoms with Crippen LogP contribution in [0.4, 0.5) is 11.4 Å². The number of hydrogen-bond donors (Lipinski definition) is 2. The molecule has 0 saturated carbocycles. The molecule has 2 aromatic carbocycles. The Labute approximate surface area is 214 Å². The minimum atomic E-state index is -0.738. The molecule has 2 aromatic rings. The molecule has 0 spiro atoms. The predicted octanol–water partition coefficient (Wildman–Crippen LogP) is 4.85. The molecule has 2 N–H and O–H groups in total. The third kappa shape index (κ3) is 8.16. The Morgan fingerprint density at radius 1 is 1.05 bits per heavy atom. The molecule has 12 heteroatoms. The SMILES string of the molecule is CCOc1cc([N+](=O)[O-])cc(C=NNC(=O)COc2ccc(C(C)(C)CC(C)(C)C)cc2[N+](=O)[O-])c1O. The Morgan fingerprint density at radius 3 is 2.30 bits per heavy atom. The molecule has 0 saturated heterocycles. The number of nitrogens with one attached hydrogen (secondary N) is 1. The molecule has 0 atom stereocenters. The zero-order valence-corrected chi connectivity index (χ0v) is 21.7. The summed E-state index contributed by atoms with van der Waals surface area (Å²) in [5.74, 6) is -1.30. The van der Waals surface area contributed by atoms with Crippen LogP contribution >= 0.6 is 0 Å². The zero-order chi connectivity index (χ0) is 28.0. The number of nitro benzene ring substituents is 2. The summed E-state index contributed by atoms with van der Waals surface area (Å²) in [5, 5.41) is 36.7. The van der Waals surface area contributed by atoms with Crippen LogP contribution in [-0.4, -0.2) is 40.3 Å². The van der Waals surface area contributed by atoms with Crippen molar-refractivity contribution < 1.29 is 29.2 Å². The Balaban J connectivity index is 2.13. The van der Waals surface area contributed by atoms with Crippen molar-refractivity contribution in [2.75, 3.05) is 13.2 Å². The molecule has 200 valence electrons. The summed E-state index contributed by atoms with van der Waals surface area (Å²) in [6.45, 7) is 11.6. The quantitative estimate of drug-likeness (QED) is 0.243. The van der Waals surface area contributed by atoms with Crippen molar-refractivity contribution in [3.63, 3.8) is 0 Å². The number of ether oxygens (including phenoxy) is 2. The molecule has 0 bridgehead atoms. The maximum absolute atomic E-state index is 12.2. The highest BCUT2D eigenvalue weighted by Crippen LogP contribution is 2.39. The van der Waals surface area contributed by atoms with Gasteiger partial charge in [-0.25, -0.2) is 5.43 Å². The van der Waals surface area contributed by atoms with Crippen LogP contribution in [0.2, 0.25) is 0 Å². The standard InChI is InChI=1S/C25H32N4O8/c1-7-36-21-12-18(28(32)33)10-16(23(21)31)13-26-27-22(30)14-37-20-9-8-17(11-19(20)29(34)35)25(5,6)15-24(2,3)4/h8-13,31H,7,14-15H2,1-6H3,(H,27,30). The summed E-state index contributed by atoms with van der Waals surface area (Å²) in [4.78, 5) is 33.7. The summed E-state index contributed by atoms with van der Waals surface area (Å²) in [6.07, 6.45) is 1.81. The van der Waals surface area contributed by atoms with Crippen LogP contribution in [0.5, 0.6) is 17.2 Å². The van der Waals surface area contributed by atoms with Crippen LogP contribution in [0, 0.1) is 25.6 Å². The number of nitro groups is 2. The Hall–Kier alpha value is -4.22. The molecule has 2 rings (SSSR count). The van der Waals surface area contributed by atoms with Gasteiger partial charge < -0.3 is 14.6 Å². The Bertz CT molecular complexity index is 1200. The maximum atomic E-state index is 12.2. The van der Waals surface area contributed by atoms with E-state index in [4.69, 9.17) is 9.47 Å². The first-order valence-corrected chi connectivity index (χ1v) is 11.5. The van der Waals surface area contributed by atoms with E-state index in [0.29, 0.717) is 0 Å². The number of carbonyl (C=O) groups excluding carboxylic acids is 1. The molecule has 0 aliphatic carbocycles. The summed E-state index contributed by atoms with van der Waals surface area (Å²) >= 11 is 0. The van der Waals surface area contributed by atoms with Gasteiger partial charge in [-0.05, 0) is 35.8 Å². The number of phenolic OH excluding ortho intramolecular Hbond substituents is 1. The number of phenols is 1. The molecule has 1 amide bonds. The Morgan fingerprint density at radius 2 is 1.73 bits per heavy atom. The third-order valence-electron chi connectivity index (χ3n) is 5.26. The molecular weight excluding hydrogens is 484 g/mol. The van der Waals surface area contributed by atoms with Crippen molar-refractivity contribution in [2.24, 2.45) is 10.5 Å². The second kappa shape index (κ2) is 11.7.